The van der Waals surface area contributed by atoms with E-state index in [-0.39, 0.29) is 5.97 Å². The average molecular weight is 443 g/mol. The van der Waals surface area contributed by atoms with E-state index in [4.69, 9.17) is 9.15 Å². The highest BCUT2D eigenvalue weighted by Crippen LogP contribution is 2.44. The summed E-state index contributed by atoms with van der Waals surface area (Å²) < 4.78 is 12.2. The molecule has 1 aliphatic heterocycles. The lowest BCUT2D eigenvalue weighted by atomic mass is 9.90. The van der Waals surface area contributed by atoms with Crippen molar-refractivity contribution in [1.29, 1.82) is 0 Å². The zero-order chi connectivity index (χ0) is 23.5. The maximum absolute atomic E-state index is 12.2. The second-order valence-corrected chi connectivity index (χ2v) is 8.52. The Morgan fingerprint density at radius 1 is 0.970 bits per heavy atom. The van der Waals surface area contributed by atoms with Gasteiger partial charge in [0.15, 0.2) is 0 Å². The molecular formula is C29H32NO3+. The molecule has 2 aromatic carbocycles. The SMILES string of the molecule is CCCc1cc2oc3cc(=[NH+]CC)c(C)cc-3c(-c3ccccc3OC(=O)CC)c2cc1C. The Morgan fingerprint density at radius 2 is 1.76 bits per heavy atom. The topological polar surface area (TPSA) is 53.4 Å². The van der Waals surface area contributed by atoms with Gasteiger partial charge in [0.1, 0.15) is 23.6 Å². The van der Waals surface area contributed by atoms with Crippen molar-refractivity contribution in [2.45, 2.75) is 53.9 Å². The quantitative estimate of drug-likeness (QED) is 0.257. The lowest BCUT2D eigenvalue weighted by Gasteiger charge is -2.19. The standard InChI is InChI=1S/C29H31NO3/c1-6-11-20-16-26-22(14-18(20)4)29(21-12-9-10-13-25(21)33-28(31)7-2)23-15-19(5)24(30-8-3)17-27(23)32-26/h9-10,12-17H,6-8,11H2,1-5H3/p+1. The van der Waals surface area contributed by atoms with Gasteiger partial charge in [-0.05, 0) is 62.6 Å². The summed E-state index contributed by atoms with van der Waals surface area (Å²) in [6.07, 6.45) is 2.41. The third kappa shape index (κ3) is 4.43. The molecule has 4 heteroatoms. The van der Waals surface area contributed by atoms with E-state index in [1.54, 1.807) is 6.92 Å². The molecule has 0 saturated carbocycles. The van der Waals surface area contributed by atoms with E-state index in [0.717, 1.165) is 63.7 Å². The summed E-state index contributed by atoms with van der Waals surface area (Å²) >= 11 is 0. The Kier molecular flexibility index (Phi) is 6.64. The van der Waals surface area contributed by atoms with Crippen molar-refractivity contribution < 1.29 is 18.9 Å². The fourth-order valence-corrected chi connectivity index (χ4v) is 4.41. The molecule has 1 heterocycles. The van der Waals surface area contributed by atoms with Crippen LogP contribution >= 0.6 is 0 Å². The molecule has 2 aliphatic rings. The minimum absolute atomic E-state index is 0.247. The van der Waals surface area contributed by atoms with Crippen molar-refractivity contribution in [2.24, 2.45) is 0 Å². The van der Waals surface area contributed by atoms with Crippen LogP contribution in [0.4, 0.5) is 0 Å². The predicted octanol–water partition coefficient (Wildman–Crippen LogP) is 5.09. The summed E-state index contributed by atoms with van der Waals surface area (Å²) in [6, 6.07) is 16.4. The molecule has 0 bridgehead atoms. The van der Waals surface area contributed by atoms with Crippen LogP contribution in [0.15, 0.2) is 52.9 Å². The third-order valence-electron chi connectivity index (χ3n) is 6.08. The molecule has 4 nitrogen and oxygen atoms in total. The van der Waals surface area contributed by atoms with Crippen molar-refractivity contribution in [3.63, 3.8) is 0 Å². The van der Waals surface area contributed by atoms with Crippen LogP contribution in [0.2, 0.25) is 0 Å². The number of aryl methyl sites for hydroxylation is 3. The average Bonchev–Trinajstić information content (AvgIpc) is 2.80. The van der Waals surface area contributed by atoms with Crippen LogP contribution in [0.25, 0.3) is 33.4 Å². The van der Waals surface area contributed by atoms with E-state index in [1.807, 2.05) is 24.3 Å². The van der Waals surface area contributed by atoms with Crippen molar-refractivity contribution in [2.75, 3.05) is 6.54 Å². The Bertz CT molecular complexity index is 1360. The number of ether oxygens (including phenoxy) is 1. The number of carbonyl (C=O) groups is 1. The Morgan fingerprint density at radius 3 is 2.48 bits per heavy atom. The molecule has 0 spiro atoms. The number of carbonyl (C=O) groups excluding carboxylic acids is 1. The number of hydrogen-bond donors (Lipinski definition) is 1. The monoisotopic (exact) mass is 442 g/mol. The Labute approximate surface area is 195 Å². The van der Waals surface area contributed by atoms with Crippen LogP contribution in [-0.2, 0) is 11.2 Å². The summed E-state index contributed by atoms with van der Waals surface area (Å²) in [5, 5.41) is 2.08. The number of esters is 1. The summed E-state index contributed by atoms with van der Waals surface area (Å²) in [5.74, 6) is 1.13. The van der Waals surface area contributed by atoms with Gasteiger partial charge in [-0.2, -0.15) is 0 Å². The highest BCUT2D eigenvalue weighted by molar-refractivity contribution is 6.04. The lowest BCUT2D eigenvalue weighted by Crippen LogP contribution is -2.76. The minimum Gasteiger partial charge on any atom is -0.456 e. The van der Waals surface area contributed by atoms with Crippen LogP contribution in [0.3, 0.4) is 0 Å². The molecule has 0 saturated heterocycles. The van der Waals surface area contributed by atoms with Gasteiger partial charge in [-0.25, -0.2) is 4.99 Å². The molecule has 2 aromatic rings. The van der Waals surface area contributed by atoms with Gasteiger partial charge < -0.3 is 9.15 Å². The summed E-state index contributed by atoms with van der Waals surface area (Å²) in [7, 11) is 0. The zero-order valence-corrected chi connectivity index (χ0v) is 20.2. The third-order valence-corrected chi connectivity index (χ3v) is 6.08. The molecular weight excluding hydrogens is 410 g/mol. The van der Waals surface area contributed by atoms with E-state index in [1.165, 1.54) is 11.1 Å². The summed E-state index contributed by atoms with van der Waals surface area (Å²) in [6.45, 7) is 11.2. The van der Waals surface area contributed by atoms with E-state index in [9.17, 15) is 4.79 Å². The van der Waals surface area contributed by atoms with E-state index >= 15 is 0 Å². The molecule has 170 valence electrons. The van der Waals surface area contributed by atoms with Crippen LogP contribution in [0.1, 0.15) is 50.3 Å². The predicted molar refractivity (Wildman–Crippen MR) is 132 cm³/mol. The largest absolute Gasteiger partial charge is 0.456 e. The minimum atomic E-state index is -0.247. The second-order valence-electron chi connectivity index (χ2n) is 8.52. The lowest BCUT2D eigenvalue weighted by molar-refractivity contribution is -0.496. The van der Waals surface area contributed by atoms with Crippen molar-refractivity contribution in [3.05, 3.63) is 70.6 Å². The Hall–Kier alpha value is -3.40. The normalized spacial score (nSPS) is 12.0. The first-order valence-electron chi connectivity index (χ1n) is 11.8. The number of fused-ring (bicyclic) bond motifs is 2. The van der Waals surface area contributed by atoms with Crippen LogP contribution in [-0.4, -0.2) is 12.5 Å². The van der Waals surface area contributed by atoms with Crippen LogP contribution < -0.4 is 15.1 Å². The van der Waals surface area contributed by atoms with Gasteiger partial charge in [0, 0.05) is 34.1 Å². The highest BCUT2D eigenvalue weighted by Gasteiger charge is 2.22. The number of rotatable bonds is 6. The van der Waals surface area contributed by atoms with Crippen molar-refractivity contribution >= 4 is 16.9 Å². The molecule has 4 rings (SSSR count). The number of nitrogens with one attached hydrogen (secondary N) is 1. The summed E-state index contributed by atoms with van der Waals surface area (Å²) in [5.41, 5.74) is 7.45. The van der Waals surface area contributed by atoms with E-state index in [0.29, 0.717) is 12.2 Å². The van der Waals surface area contributed by atoms with Crippen LogP contribution in [0.5, 0.6) is 5.75 Å². The van der Waals surface area contributed by atoms with Gasteiger partial charge in [0.2, 0.25) is 5.36 Å². The first-order chi connectivity index (χ1) is 16.0. The number of hydrogen-bond acceptors (Lipinski definition) is 3. The van der Waals surface area contributed by atoms with E-state index < -0.39 is 0 Å². The number of benzene rings is 3. The molecule has 0 atom stereocenters. The van der Waals surface area contributed by atoms with Crippen molar-refractivity contribution in [3.8, 4) is 28.2 Å². The van der Waals surface area contributed by atoms with Gasteiger partial charge in [-0.1, -0.05) is 38.5 Å². The molecule has 0 radical (unpaired) electrons. The molecule has 0 aromatic heterocycles. The first kappa shape index (κ1) is 22.8. The van der Waals surface area contributed by atoms with Gasteiger partial charge in [0.25, 0.3) is 0 Å². The van der Waals surface area contributed by atoms with Crippen molar-refractivity contribution in [1.82, 2.24) is 0 Å². The fourth-order valence-electron chi connectivity index (χ4n) is 4.41. The molecule has 0 amide bonds. The number of para-hydroxylation sites is 1. The smallest absolute Gasteiger partial charge is 0.310 e. The maximum Gasteiger partial charge on any atom is 0.310 e. The molecule has 0 fully saturated rings. The van der Waals surface area contributed by atoms with Crippen LogP contribution in [0, 0.1) is 13.8 Å². The molecule has 33 heavy (non-hydrogen) atoms. The Balaban J connectivity index is 2.13. The molecule has 1 N–H and O–H groups in total. The fraction of sp³-hybridized carbons (Fsp3) is 0.310. The second kappa shape index (κ2) is 9.62. The van der Waals surface area contributed by atoms with Gasteiger partial charge in [-0.3, -0.25) is 4.79 Å². The highest BCUT2D eigenvalue weighted by atomic mass is 16.5. The van der Waals surface area contributed by atoms with E-state index in [2.05, 4.69) is 57.0 Å². The van der Waals surface area contributed by atoms with Gasteiger partial charge in [-0.15, -0.1) is 0 Å². The maximum atomic E-state index is 12.2. The first-order valence-corrected chi connectivity index (χ1v) is 11.8. The summed E-state index contributed by atoms with van der Waals surface area (Å²) in [4.78, 5) is 15.6. The zero-order valence-electron chi connectivity index (χ0n) is 20.2. The molecule has 1 aliphatic carbocycles. The van der Waals surface area contributed by atoms with Gasteiger partial charge >= 0.3 is 5.97 Å². The van der Waals surface area contributed by atoms with Gasteiger partial charge in [0.05, 0.1) is 6.07 Å². The molecule has 0 unspecified atom stereocenters.